The molecule has 24 heavy (non-hydrogen) atoms. The van der Waals surface area contributed by atoms with Crippen LogP contribution in [0.3, 0.4) is 0 Å². The third-order valence-corrected chi connectivity index (χ3v) is 6.85. The second kappa shape index (κ2) is 5.20. The lowest BCUT2D eigenvalue weighted by atomic mass is 9.70. The molecule has 1 amide bonds. The molecule has 2 N–H and O–H groups in total. The number of aromatic amines is 1. The number of benzene rings is 1. The summed E-state index contributed by atoms with van der Waals surface area (Å²) in [5, 5.41) is 5.65. The second-order valence-electron chi connectivity index (χ2n) is 8.12. The average Bonchev–Trinajstić information content (AvgIpc) is 3.12. The summed E-state index contributed by atoms with van der Waals surface area (Å²) in [6.45, 7) is 7.01. The average molecular weight is 323 g/mol. The van der Waals surface area contributed by atoms with E-state index in [1.54, 1.807) is 0 Å². The van der Waals surface area contributed by atoms with E-state index in [2.05, 4.69) is 36.3 Å². The first kappa shape index (κ1) is 15.4. The van der Waals surface area contributed by atoms with Crippen molar-refractivity contribution in [2.24, 2.45) is 21.8 Å². The molecule has 0 saturated heterocycles. The number of nitrogens with zero attached hydrogens (tertiary/aromatic N) is 1. The number of carbonyl (C=O) groups is 1. The lowest BCUT2D eigenvalue weighted by molar-refractivity contribution is -0.120. The van der Waals surface area contributed by atoms with Crippen molar-refractivity contribution in [3.8, 4) is 0 Å². The second-order valence-corrected chi connectivity index (χ2v) is 8.12. The van der Waals surface area contributed by atoms with Gasteiger partial charge in [-0.15, -0.1) is 0 Å². The molecule has 1 aromatic heterocycles. The van der Waals surface area contributed by atoms with E-state index >= 15 is 0 Å². The van der Waals surface area contributed by atoms with Crippen molar-refractivity contribution in [3.05, 3.63) is 36.0 Å². The van der Waals surface area contributed by atoms with Crippen LogP contribution in [0.5, 0.6) is 0 Å². The predicted octanol–water partition coefficient (Wildman–Crippen LogP) is 4.03. The van der Waals surface area contributed by atoms with Gasteiger partial charge >= 0.3 is 0 Å². The van der Waals surface area contributed by atoms with Crippen LogP contribution in [-0.2, 0) is 11.2 Å². The van der Waals surface area contributed by atoms with Crippen molar-refractivity contribution in [2.45, 2.75) is 46.5 Å². The van der Waals surface area contributed by atoms with Crippen LogP contribution in [0.2, 0.25) is 0 Å². The summed E-state index contributed by atoms with van der Waals surface area (Å²) in [6, 6.07) is 8.05. The van der Waals surface area contributed by atoms with Crippen LogP contribution in [0.4, 0.5) is 0 Å². The highest BCUT2D eigenvalue weighted by Crippen LogP contribution is 2.63. The molecule has 126 valence electrons. The molecular formula is C20H25N3O. The van der Waals surface area contributed by atoms with Crippen molar-refractivity contribution < 1.29 is 4.79 Å². The molecule has 2 aromatic rings. The predicted molar refractivity (Wildman–Crippen MR) is 96.8 cm³/mol. The fourth-order valence-corrected chi connectivity index (χ4v) is 4.72. The van der Waals surface area contributed by atoms with Gasteiger partial charge in [-0.05, 0) is 42.2 Å². The van der Waals surface area contributed by atoms with Crippen LogP contribution in [0.15, 0.2) is 35.6 Å². The number of carbonyl (C=O) groups excluding carboxylic acids is 1. The highest BCUT2D eigenvalue weighted by atomic mass is 16.2. The van der Waals surface area contributed by atoms with Crippen molar-refractivity contribution in [3.63, 3.8) is 0 Å². The van der Waals surface area contributed by atoms with E-state index in [-0.39, 0.29) is 16.7 Å². The number of H-pyrrole nitrogens is 1. The highest BCUT2D eigenvalue weighted by Gasteiger charge is 2.59. The van der Waals surface area contributed by atoms with Crippen LogP contribution in [-0.4, -0.2) is 16.6 Å². The minimum Gasteiger partial charge on any atom is -0.361 e. The maximum absolute atomic E-state index is 12.4. The minimum atomic E-state index is -0.0450. The number of aromatic nitrogens is 1. The van der Waals surface area contributed by atoms with Gasteiger partial charge in [0.15, 0.2) is 0 Å². The lowest BCUT2D eigenvalue weighted by Gasteiger charge is -2.34. The van der Waals surface area contributed by atoms with Gasteiger partial charge in [0, 0.05) is 28.2 Å². The number of rotatable bonds is 3. The Balaban J connectivity index is 1.48. The summed E-state index contributed by atoms with van der Waals surface area (Å²) >= 11 is 0. The first-order valence-electron chi connectivity index (χ1n) is 8.83. The van der Waals surface area contributed by atoms with E-state index in [1.165, 1.54) is 18.6 Å². The summed E-state index contributed by atoms with van der Waals surface area (Å²) in [6.07, 6.45) is 5.76. The maximum Gasteiger partial charge on any atom is 0.244 e. The molecular weight excluding hydrogens is 298 g/mol. The minimum absolute atomic E-state index is 0.0450. The monoisotopic (exact) mass is 323 g/mol. The Morgan fingerprint density at radius 1 is 1.33 bits per heavy atom. The Hall–Kier alpha value is -2.10. The summed E-state index contributed by atoms with van der Waals surface area (Å²) in [7, 11) is 0. The Morgan fingerprint density at radius 3 is 2.83 bits per heavy atom. The molecule has 2 bridgehead atoms. The van der Waals surface area contributed by atoms with E-state index in [9.17, 15) is 4.79 Å². The molecule has 2 atom stereocenters. The summed E-state index contributed by atoms with van der Waals surface area (Å²) in [5.41, 5.74) is 6.48. The maximum atomic E-state index is 12.4. The third-order valence-electron chi connectivity index (χ3n) is 6.85. The van der Waals surface area contributed by atoms with Crippen molar-refractivity contribution in [1.82, 2.24) is 10.4 Å². The van der Waals surface area contributed by atoms with Crippen LogP contribution < -0.4 is 5.43 Å². The summed E-state index contributed by atoms with van der Waals surface area (Å²) in [5.74, 6) is 0.656. The van der Waals surface area contributed by atoms with Gasteiger partial charge in [0.25, 0.3) is 0 Å². The van der Waals surface area contributed by atoms with Crippen LogP contribution in [0, 0.1) is 16.7 Å². The van der Waals surface area contributed by atoms with E-state index in [1.807, 2.05) is 30.5 Å². The lowest BCUT2D eigenvalue weighted by Crippen LogP contribution is -2.34. The number of amides is 1. The summed E-state index contributed by atoms with van der Waals surface area (Å²) < 4.78 is 0. The van der Waals surface area contributed by atoms with Crippen molar-refractivity contribution in [1.29, 1.82) is 0 Å². The van der Waals surface area contributed by atoms with Crippen LogP contribution >= 0.6 is 0 Å². The molecule has 4 heteroatoms. The standard InChI is InChI=1S/C20H25N3O/c1-19(2)14-8-9-20(19,3)17(11-14)22-23-18(24)10-13-12-21-16-7-5-4-6-15(13)16/h4-7,12,14,21H,8-11H2,1-3H3,(H,23,24)/b22-17+/t14-,20-/m1/s1. The molecule has 1 aromatic carbocycles. The van der Waals surface area contributed by atoms with Gasteiger partial charge in [-0.2, -0.15) is 5.10 Å². The highest BCUT2D eigenvalue weighted by molar-refractivity contribution is 5.95. The largest absolute Gasteiger partial charge is 0.361 e. The Morgan fingerprint density at radius 2 is 2.12 bits per heavy atom. The van der Waals surface area contributed by atoms with Gasteiger partial charge in [0.1, 0.15) is 0 Å². The zero-order chi connectivity index (χ0) is 16.9. The molecule has 2 saturated carbocycles. The van der Waals surface area contributed by atoms with Gasteiger partial charge < -0.3 is 4.98 Å². The molecule has 4 rings (SSSR count). The van der Waals surface area contributed by atoms with Crippen molar-refractivity contribution >= 4 is 22.5 Å². The Kier molecular flexibility index (Phi) is 3.34. The number of nitrogens with one attached hydrogen (secondary N) is 2. The Labute approximate surface area is 142 Å². The SMILES string of the molecule is CC1(C)[C@@H]2CC[C@]1(C)/C(=N/NC(=O)Cc1c[nH]c3ccccc13)C2. The molecule has 0 aliphatic heterocycles. The fraction of sp³-hybridized carbons (Fsp3) is 0.500. The van der Waals surface area contributed by atoms with Crippen molar-refractivity contribution in [2.75, 3.05) is 0 Å². The first-order chi connectivity index (χ1) is 11.4. The molecule has 1 heterocycles. The smallest absolute Gasteiger partial charge is 0.244 e. The Bertz CT molecular complexity index is 832. The van der Waals surface area contributed by atoms with Gasteiger partial charge in [-0.3, -0.25) is 4.79 Å². The first-order valence-corrected chi connectivity index (χ1v) is 8.83. The number of hydrazone groups is 1. The molecule has 0 radical (unpaired) electrons. The van der Waals surface area contributed by atoms with E-state index in [0.717, 1.165) is 22.9 Å². The molecule has 0 unspecified atom stereocenters. The van der Waals surface area contributed by atoms with E-state index in [0.29, 0.717) is 12.3 Å². The normalized spacial score (nSPS) is 29.5. The van der Waals surface area contributed by atoms with Gasteiger partial charge in [-0.25, -0.2) is 5.43 Å². The third kappa shape index (κ3) is 2.12. The number of fused-ring (bicyclic) bond motifs is 3. The zero-order valence-corrected chi connectivity index (χ0v) is 14.6. The van der Waals surface area contributed by atoms with Crippen LogP contribution in [0.1, 0.15) is 45.6 Å². The quantitative estimate of drug-likeness (QED) is 0.823. The summed E-state index contributed by atoms with van der Waals surface area (Å²) in [4.78, 5) is 15.6. The molecule has 0 spiro atoms. The topological polar surface area (TPSA) is 57.2 Å². The molecule has 2 aliphatic rings. The number of para-hydroxylation sites is 1. The molecule has 2 fully saturated rings. The van der Waals surface area contributed by atoms with Crippen LogP contribution in [0.25, 0.3) is 10.9 Å². The van der Waals surface area contributed by atoms with Gasteiger partial charge in [0.05, 0.1) is 6.42 Å². The zero-order valence-electron chi connectivity index (χ0n) is 14.6. The number of hydrogen-bond donors (Lipinski definition) is 2. The van der Waals surface area contributed by atoms with E-state index < -0.39 is 0 Å². The van der Waals surface area contributed by atoms with E-state index in [4.69, 9.17) is 0 Å². The van der Waals surface area contributed by atoms with Gasteiger partial charge in [0.2, 0.25) is 5.91 Å². The molecule has 2 aliphatic carbocycles. The van der Waals surface area contributed by atoms with Gasteiger partial charge in [-0.1, -0.05) is 39.0 Å². The fourth-order valence-electron chi connectivity index (χ4n) is 4.72. The molecule has 4 nitrogen and oxygen atoms in total. The number of hydrogen-bond acceptors (Lipinski definition) is 2.